The number of piperidine rings is 1. The summed E-state index contributed by atoms with van der Waals surface area (Å²) in [5, 5.41) is 3.84. The van der Waals surface area contributed by atoms with Crippen LogP contribution in [0.3, 0.4) is 0 Å². The fraction of sp³-hybridized carbons (Fsp3) is 0.280. The van der Waals surface area contributed by atoms with Gasteiger partial charge in [0.1, 0.15) is 17.5 Å². The lowest BCUT2D eigenvalue weighted by atomic mass is 9.82. The molecule has 1 aliphatic heterocycles. The topological polar surface area (TPSA) is 30.5 Å². The van der Waals surface area contributed by atoms with Crippen molar-refractivity contribution in [3.63, 3.8) is 0 Å². The number of hydrogen-bond acceptors (Lipinski definition) is 3. The van der Waals surface area contributed by atoms with Crippen molar-refractivity contribution in [3.05, 3.63) is 106 Å². The number of halogens is 4. The summed E-state index contributed by atoms with van der Waals surface area (Å²) in [7, 11) is 0. The standard InChI is InChI=1S/C25H23ClF3NO2/c26-19-8-6-18(7-9-19)25(32-15-17-4-2-1-3-5-17)12-13-30-14-23(25)31-16-20-21(27)10-11-22(28)24(20)29/h1-11,23,30H,12-16H2/t23-,25-/m0/s1. The lowest BCUT2D eigenvalue weighted by Gasteiger charge is -2.44. The minimum absolute atomic E-state index is 0.325. The van der Waals surface area contributed by atoms with Gasteiger partial charge in [-0.2, -0.15) is 0 Å². The summed E-state index contributed by atoms with van der Waals surface area (Å²) in [5.74, 6) is -3.21. The second-order valence-electron chi connectivity index (χ2n) is 7.75. The van der Waals surface area contributed by atoms with Crippen molar-refractivity contribution in [1.29, 1.82) is 0 Å². The molecule has 7 heteroatoms. The molecule has 1 fully saturated rings. The molecule has 3 nitrogen and oxygen atoms in total. The molecular formula is C25H23ClF3NO2. The lowest BCUT2D eigenvalue weighted by molar-refractivity contribution is -0.177. The lowest BCUT2D eigenvalue weighted by Crippen LogP contribution is -2.54. The third kappa shape index (κ3) is 4.84. The molecule has 1 heterocycles. The molecule has 0 aromatic heterocycles. The van der Waals surface area contributed by atoms with Crippen LogP contribution in [0.15, 0.2) is 66.7 Å². The molecule has 0 saturated carbocycles. The van der Waals surface area contributed by atoms with Crippen molar-refractivity contribution in [2.45, 2.75) is 31.3 Å². The van der Waals surface area contributed by atoms with Crippen LogP contribution in [0.4, 0.5) is 13.2 Å². The van der Waals surface area contributed by atoms with Gasteiger partial charge in [0, 0.05) is 11.6 Å². The Hall–Kier alpha value is -2.38. The first-order valence-corrected chi connectivity index (χ1v) is 10.8. The molecule has 3 aromatic rings. The summed E-state index contributed by atoms with van der Waals surface area (Å²) in [6, 6.07) is 18.7. The molecule has 0 unspecified atom stereocenters. The van der Waals surface area contributed by atoms with Gasteiger partial charge in [0.05, 0.1) is 18.8 Å². The van der Waals surface area contributed by atoms with E-state index in [-0.39, 0.29) is 0 Å². The molecule has 168 valence electrons. The van der Waals surface area contributed by atoms with Crippen molar-refractivity contribution in [2.24, 2.45) is 0 Å². The van der Waals surface area contributed by atoms with Gasteiger partial charge in [-0.1, -0.05) is 54.1 Å². The molecular weight excluding hydrogens is 439 g/mol. The van der Waals surface area contributed by atoms with E-state index in [2.05, 4.69) is 5.32 Å². The molecule has 1 N–H and O–H groups in total. The van der Waals surface area contributed by atoms with Crippen molar-refractivity contribution in [1.82, 2.24) is 5.32 Å². The average Bonchev–Trinajstić information content (AvgIpc) is 2.82. The first-order valence-electron chi connectivity index (χ1n) is 10.4. The van der Waals surface area contributed by atoms with Gasteiger partial charge in [-0.3, -0.25) is 0 Å². The Kier molecular flexibility index (Phi) is 7.16. The molecule has 0 spiro atoms. The molecule has 2 atom stereocenters. The summed E-state index contributed by atoms with van der Waals surface area (Å²) in [4.78, 5) is 0. The largest absolute Gasteiger partial charge is 0.369 e. The van der Waals surface area contributed by atoms with Crippen LogP contribution in [0, 0.1) is 17.5 Å². The predicted molar refractivity (Wildman–Crippen MR) is 117 cm³/mol. The van der Waals surface area contributed by atoms with Gasteiger partial charge >= 0.3 is 0 Å². The van der Waals surface area contributed by atoms with Gasteiger partial charge in [0.25, 0.3) is 0 Å². The van der Waals surface area contributed by atoms with E-state index in [0.29, 0.717) is 31.1 Å². The molecule has 0 amide bonds. The average molecular weight is 462 g/mol. The number of hydrogen-bond donors (Lipinski definition) is 1. The summed E-state index contributed by atoms with van der Waals surface area (Å²) in [6.07, 6.45) is -0.0107. The number of benzene rings is 3. The van der Waals surface area contributed by atoms with Crippen LogP contribution in [-0.4, -0.2) is 19.2 Å². The molecule has 3 aromatic carbocycles. The maximum Gasteiger partial charge on any atom is 0.167 e. The van der Waals surface area contributed by atoms with Gasteiger partial charge < -0.3 is 14.8 Å². The first-order chi connectivity index (χ1) is 15.5. The third-order valence-corrected chi connectivity index (χ3v) is 6.01. The van der Waals surface area contributed by atoms with E-state index in [1.165, 1.54) is 0 Å². The van der Waals surface area contributed by atoms with Crippen LogP contribution < -0.4 is 5.32 Å². The minimum Gasteiger partial charge on any atom is -0.369 e. The number of rotatable bonds is 7. The summed E-state index contributed by atoms with van der Waals surface area (Å²) >= 11 is 6.09. The van der Waals surface area contributed by atoms with E-state index in [4.69, 9.17) is 21.1 Å². The first kappa shape index (κ1) is 22.8. The Bertz CT molecular complexity index is 1050. The van der Waals surface area contributed by atoms with Crippen molar-refractivity contribution in [3.8, 4) is 0 Å². The zero-order valence-corrected chi connectivity index (χ0v) is 18.0. The monoisotopic (exact) mass is 461 g/mol. The molecule has 1 aliphatic rings. The Morgan fingerprint density at radius 3 is 2.38 bits per heavy atom. The van der Waals surface area contributed by atoms with Crippen LogP contribution in [0.1, 0.15) is 23.1 Å². The maximum atomic E-state index is 14.2. The third-order valence-electron chi connectivity index (χ3n) is 5.76. The Balaban J connectivity index is 1.64. The van der Waals surface area contributed by atoms with Gasteiger partial charge in [-0.05, 0) is 48.4 Å². The minimum atomic E-state index is -1.24. The highest BCUT2D eigenvalue weighted by molar-refractivity contribution is 6.30. The SMILES string of the molecule is Fc1ccc(F)c(CO[C@H]2CNCC[C@]2(OCc2ccccc2)c2ccc(Cl)cc2)c1F. The van der Waals surface area contributed by atoms with Crippen LogP contribution in [0.5, 0.6) is 0 Å². The molecule has 0 radical (unpaired) electrons. The number of nitrogens with one attached hydrogen (secondary N) is 1. The van der Waals surface area contributed by atoms with E-state index in [0.717, 1.165) is 23.3 Å². The molecule has 0 bridgehead atoms. The molecule has 32 heavy (non-hydrogen) atoms. The smallest absolute Gasteiger partial charge is 0.167 e. The van der Waals surface area contributed by atoms with Crippen molar-refractivity contribution >= 4 is 11.6 Å². The predicted octanol–water partition coefficient (Wildman–Crippen LogP) is 5.75. The highest BCUT2D eigenvalue weighted by Crippen LogP contribution is 2.39. The Labute approximate surface area is 190 Å². The highest BCUT2D eigenvalue weighted by Gasteiger charge is 2.44. The summed E-state index contributed by atoms with van der Waals surface area (Å²) in [6.45, 7) is 0.966. The van der Waals surface area contributed by atoms with Crippen LogP contribution in [-0.2, 0) is 28.3 Å². The van der Waals surface area contributed by atoms with Crippen molar-refractivity contribution < 1.29 is 22.6 Å². The second kappa shape index (κ2) is 10.0. The van der Waals surface area contributed by atoms with E-state index < -0.39 is 41.3 Å². The fourth-order valence-corrected chi connectivity index (χ4v) is 4.13. The van der Waals surface area contributed by atoms with Crippen molar-refractivity contribution in [2.75, 3.05) is 13.1 Å². The quantitative estimate of drug-likeness (QED) is 0.454. The maximum absolute atomic E-state index is 14.2. The van der Waals surface area contributed by atoms with E-state index >= 15 is 0 Å². The van der Waals surface area contributed by atoms with Crippen LogP contribution in [0.2, 0.25) is 5.02 Å². The summed E-state index contributed by atoms with van der Waals surface area (Å²) in [5.41, 5.74) is 0.514. The highest BCUT2D eigenvalue weighted by atomic mass is 35.5. The van der Waals surface area contributed by atoms with Gasteiger partial charge in [0.15, 0.2) is 11.6 Å². The van der Waals surface area contributed by atoms with Crippen LogP contribution in [0.25, 0.3) is 0 Å². The second-order valence-corrected chi connectivity index (χ2v) is 8.18. The fourth-order valence-electron chi connectivity index (χ4n) is 4.01. The van der Waals surface area contributed by atoms with E-state index in [1.807, 2.05) is 42.5 Å². The van der Waals surface area contributed by atoms with Crippen LogP contribution >= 0.6 is 11.6 Å². The number of ether oxygens (including phenoxy) is 2. The molecule has 1 saturated heterocycles. The van der Waals surface area contributed by atoms with Gasteiger partial charge in [-0.15, -0.1) is 0 Å². The van der Waals surface area contributed by atoms with Gasteiger partial charge in [0.2, 0.25) is 0 Å². The normalized spacial score (nSPS) is 20.9. The molecule has 4 rings (SSSR count). The zero-order chi connectivity index (χ0) is 22.6. The zero-order valence-electron chi connectivity index (χ0n) is 17.3. The Morgan fingerprint density at radius 2 is 1.62 bits per heavy atom. The molecule has 0 aliphatic carbocycles. The van der Waals surface area contributed by atoms with Gasteiger partial charge in [-0.25, -0.2) is 13.2 Å². The summed E-state index contributed by atoms with van der Waals surface area (Å²) < 4.78 is 54.5. The van der Waals surface area contributed by atoms with E-state index in [9.17, 15) is 13.2 Å². The Morgan fingerprint density at radius 1 is 0.906 bits per heavy atom. The van der Waals surface area contributed by atoms with E-state index in [1.54, 1.807) is 12.1 Å².